The number of aryl methyl sites for hydroxylation is 2. The molecule has 26 heavy (non-hydrogen) atoms. The molecule has 0 unspecified atom stereocenters. The molecule has 9 heteroatoms. The number of fused-ring (bicyclic) bond motifs is 1. The number of hydrogen-bond acceptors (Lipinski definition) is 4. The van der Waals surface area contributed by atoms with E-state index in [2.05, 4.69) is 20.3 Å². The minimum Gasteiger partial charge on any atom is -0.359 e. The third kappa shape index (κ3) is 2.67. The molecule has 4 rings (SSSR count). The van der Waals surface area contributed by atoms with Crippen LogP contribution in [-0.4, -0.2) is 19.5 Å². The largest absolute Gasteiger partial charge is 0.419 e. The van der Waals surface area contributed by atoms with Gasteiger partial charge in [0.2, 0.25) is 0 Å². The molecular formula is C17H15F4N5. The second-order valence-electron chi connectivity index (χ2n) is 6.55. The predicted molar refractivity (Wildman–Crippen MR) is 87.0 cm³/mol. The molecule has 0 aliphatic heterocycles. The molecule has 0 amide bonds. The number of nitrogens with one attached hydrogen (secondary N) is 1. The fourth-order valence-electron chi connectivity index (χ4n) is 3.08. The molecule has 1 N–H and O–H groups in total. The van der Waals surface area contributed by atoms with E-state index in [0.717, 1.165) is 12.1 Å². The van der Waals surface area contributed by atoms with Gasteiger partial charge in [-0.25, -0.2) is 19.3 Å². The topological polar surface area (TPSA) is 55.6 Å². The molecule has 1 fully saturated rings. The summed E-state index contributed by atoms with van der Waals surface area (Å²) in [6.07, 6.45) is -1.78. The summed E-state index contributed by atoms with van der Waals surface area (Å²) in [5.41, 5.74) is -0.229. The number of hydrogen-bond donors (Lipinski definition) is 1. The van der Waals surface area contributed by atoms with Crippen molar-refractivity contribution < 1.29 is 17.6 Å². The van der Waals surface area contributed by atoms with Crippen LogP contribution in [0.1, 0.15) is 29.8 Å². The van der Waals surface area contributed by atoms with E-state index < -0.39 is 23.1 Å². The molecule has 0 saturated heterocycles. The first-order valence-corrected chi connectivity index (χ1v) is 8.01. The van der Waals surface area contributed by atoms with E-state index in [-0.39, 0.29) is 0 Å². The minimum atomic E-state index is -4.71. The van der Waals surface area contributed by atoms with Gasteiger partial charge in [-0.15, -0.1) is 0 Å². The maximum absolute atomic E-state index is 14.0. The minimum absolute atomic E-state index is 0.461. The van der Waals surface area contributed by atoms with E-state index >= 15 is 0 Å². The number of nitrogens with zero attached hydrogens (tertiary/aromatic N) is 4. The van der Waals surface area contributed by atoms with Crippen LogP contribution in [0.4, 0.5) is 23.4 Å². The molecule has 0 radical (unpaired) electrons. The summed E-state index contributed by atoms with van der Waals surface area (Å²) >= 11 is 0. The average molecular weight is 365 g/mol. The van der Waals surface area contributed by atoms with Crippen LogP contribution in [0.5, 0.6) is 0 Å². The first kappa shape index (κ1) is 16.7. The Morgan fingerprint density at radius 1 is 1.19 bits per heavy atom. The van der Waals surface area contributed by atoms with E-state index in [0.29, 0.717) is 41.2 Å². The van der Waals surface area contributed by atoms with Crippen molar-refractivity contribution in [2.45, 2.75) is 31.5 Å². The molecule has 3 aromatic rings. The van der Waals surface area contributed by atoms with Crippen LogP contribution in [-0.2, 0) is 18.8 Å². The molecule has 0 atom stereocenters. The van der Waals surface area contributed by atoms with Gasteiger partial charge in [-0.1, -0.05) is 6.07 Å². The van der Waals surface area contributed by atoms with Crippen molar-refractivity contribution in [2.24, 2.45) is 7.05 Å². The quantitative estimate of drug-likeness (QED) is 0.715. The van der Waals surface area contributed by atoms with Gasteiger partial charge in [0.25, 0.3) is 0 Å². The van der Waals surface area contributed by atoms with E-state index in [1.807, 2.05) is 7.05 Å². The lowest BCUT2D eigenvalue weighted by Gasteiger charge is -2.20. The Balaban J connectivity index is 1.72. The molecule has 1 aliphatic carbocycles. The van der Waals surface area contributed by atoms with Crippen LogP contribution in [0, 0.1) is 12.7 Å². The normalized spacial score (nSPS) is 16.1. The van der Waals surface area contributed by atoms with E-state index in [1.165, 1.54) is 6.07 Å². The Morgan fingerprint density at radius 3 is 2.54 bits per heavy atom. The number of halogens is 4. The zero-order valence-electron chi connectivity index (χ0n) is 14.0. The Hall–Kier alpha value is -2.71. The van der Waals surface area contributed by atoms with Gasteiger partial charge in [-0.05, 0) is 37.5 Å². The first-order chi connectivity index (χ1) is 12.2. The summed E-state index contributed by atoms with van der Waals surface area (Å²) < 4.78 is 54.1. The monoisotopic (exact) mass is 365 g/mol. The molecule has 2 aromatic heterocycles. The molecule has 0 bridgehead atoms. The van der Waals surface area contributed by atoms with Gasteiger partial charge in [-0.3, -0.25) is 0 Å². The summed E-state index contributed by atoms with van der Waals surface area (Å²) in [6, 6.07) is 3.05. The summed E-state index contributed by atoms with van der Waals surface area (Å²) in [7, 11) is 1.81. The van der Waals surface area contributed by atoms with Gasteiger partial charge < -0.3 is 9.88 Å². The molecule has 1 saturated carbocycles. The van der Waals surface area contributed by atoms with Crippen molar-refractivity contribution in [1.29, 1.82) is 0 Å². The SMILES string of the molecule is Cc1nc(NC2(c3ccc(C(F)(F)F)c(F)c3)CC2)c2ncn(C)c2n1. The van der Waals surface area contributed by atoms with Crippen molar-refractivity contribution in [3.63, 3.8) is 0 Å². The van der Waals surface area contributed by atoms with Crippen LogP contribution in [0.3, 0.4) is 0 Å². The van der Waals surface area contributed by atoms with Gasteiger partial charge in [0.05, 0.1) is 17.4 Å². The van der Waals surface area contributed by atoms with Crippen molar-refractivity contribution in [3.8, 4) is 0 Å². The number of alkyl halides is 3. The lowest BCUT2D eigenvalue weighted by molar-refractivity contribution is -0.140. The maximum atomic E-state index is 14.0. The van der Waals surface area contributed by atoms with E-state index in [4.69, 9.17) is 0 Å². The summed E-state index contributed by atoms with van der Waals surface area (Å²) in [5, 5.41) is 3.25. The fraction of sp³-hybridized carbons (Fsp3) is 0.353. The van der Waals surface area contributed by atoms with Gasteiger partial charge in [0.1, 0.15) is 17.2 Å². The van der Waals surface area contributed by atoms with Gasteiger partial charge in [0, 0.05) is 7.05 Å². The molecule has 136 valence electrons. The van der Waals surface area contributed by atoms with Crippen molar-refractivity contribution in [3.05, 3.63) is 47.3 Å². The predicted octanol–water partition coefficient (Wildman–Crippen LogP) is 3.93. The maximum Gasteiger partial charge on any atom is 0.419 e. The number of benzene rings is 1. The lowest BCUT2D eigenvalue weighted by atomic mass is 10.0. The Bertz CT molecular complexity index is 1000. The first-order valence-electron chi connectivity index (χ1n) is 8.01. The van der Waals surface area contributed by atoms with Crippen molar-refractivity contribution in [2.75, 3.05) is 5.32 Å². The summed E-state index contributed by atoms with van der Waals surface area (Å²) in [5.74, 6) is -0.242. The summed E-state index contributed by atoms with van der Waals surface area (Å²) in [6.45, 7) is 1.75. The van der Waals surface area contributed by atoms with Crippen molar-refractivity contribution in [1.82, 2.24) is 19.5 Å². The Morgan fingerprint density at radius 2 is 1.92 bits per heavy atom. The zero-order valence-corrected chi connectivity index (χ0v) is 14.0. The Labute approximate surface area is 146 Å². The fourth-order valence-corrected chi connectivity index (χ4v) is 3.08. The van der Waals surface area contributed by atoms with Crippen molar-refractivity contribution >= 4 is 17.0 Å². The molecular weight excluding hydrogens is 350 g/mol. The lowest BCUT2D eigenvalue weighted by Crippen LogP contribution is -2.21. The highest BCUT2D eigenvalue weighted by Gasteiger charge is 2.46. The number of aromatic nitrogens is 4. The molecule has 5 nitrogen and oxygen atoms in total. The number of imidazole rings is 1. The zero-order chi connectivity index (χ0) is 18.7. The smallest absolute Gasteiger partial charge is 0.359 e. The molecule has 1 aromatic carbocycles. The molecule has 2 heterocycles. The number of anilines is 1. The highest BCUT2D eigenvalue weighted by atomic mass is 19.4. The molecule has 1 aliphatic rings. The highest BCUT2D eigenvalue weighted by Crippen LogP contribution is 2.49. The third-order valence-corrected chi connectivity index (χ3v) is 4.61. The second kappa shape index (κ2) is 5.39. The third-order valence-electron chi connectivity index (χ3n) is 4.61. The molecule has 0 spiro atoms. The van der Waals surface area contributed by atoms with E-state index in [9.17, 15) is 17.6 Å². The van der Waals surface area contributed by atoms with E-state index in [1.54, 1.807) is 17.8 Å². The second-order valence-corrected chi connectivity index (χ2v) is 6.55. The Kier molecular flexibility index (Phi) is 3.47. The van der Waals surface area contributed by atoms with Crippen LogP contribution in [0.2, 0.25) is 0 Å². The van der Waals surface area contributed by atoms with Gasteiger partial charge in [-0.2, -0.15) is 13.2 Å². The van der Waals surface area contributed by atoms with Crippen LogP contribution >= 0.6 is 0 Å². The number of rotatable bonds is 3. The summed E-state index contributed by atoms with van der Waals surface area (Å²) in [4.78, 5) is 13.0. The van der Waals surface area contributed by atoms with Gasteiger partial charge >= 0.3 is 6.18 Å². The standard InChI is InChI=1S/C17H15F4N5/c1-9-23-14(13-15(24-9)26(2)8-22-13)25-16(5-6-16)10-3-4-11(12(18)7-10)17(19,20)21/h3-4,7-8H,5-6H2,1-2H3,(H,23,24,25). The average Bonchev–Trinajstić information content (AvgIpc) is 3.24. The van der Waals surface area contributed by atoms with Gasteiger partial charge in [0.15, 0.2) is 11.5 Å². The van der Waals surface area contributed by atoms with Crippen LogP contribution in [0.25, 0.3) is 11.2 Å². The van der Waals surface area contributed by atoms with Crippen LogP contribution in [0.15, 0.2) is 24.5 Å². The highest BCUT2D eigenvalue weighted by molar-refractivity contribution is 5.83. The van der Waals surface area contributed by atoms with Crippen LogP contribution < -0.4 is 5.32 Å².